The number of hydrogen-bond acceptors (Lipinski definition) is 5. The van der Waals surface area contributed by atoms with Crippen LogP contribution in [0.2, 0.25) is 0 Å². The molecule has 1 aliphatic rings. The Hall–Kier alpha value is -4.05. The minimum absolute atomic E-state index is 0.00453. The highest BCUT2D eigenvalue weighted by atomic mass is 32.2. The van der Waals surface area contributed by atoms with E-state index in [0.717, 1.165) is 23.8 Å². The molecule has 0 saturated carbocycles. The van der Waals surface area contributed by atoms with Crippen molar-refractivity contribution >= 4 is 21.5 Å². The van der Waals surface area contributed by atoms with E-state index in [1.165, 1.54) is 27.3 Å². The first-order valence-electron chi connectivity index (χ1n) is 12.0. The molecule has 0 N–H and O–H groups in total. The first kappa shape index (κ1) is 25.6. The van der Waals surface area contributed by atoms with Crippen molar-refractivity contribution in [2.24, 2.45) is 7.05 Å². The molecule has 4 aromatic rings. The second-order valence-corrected chi connectivity index (χ2v) is 11.1. The minimum atomic E-state index is -4.05. The second-order valence-electron chi connectivity index (χ2n) is 9.26. The Bertz CT molecular complexity index is 1630. The van der Waals surface area contributed by atoms with Crippen LogP contribution in [-0.4, -0.2) is 36.6 Å². The lowest BCUT2D eigenvalue weighted by Crippen LogP contribution is -2.43. The number of carbonyl (C=O) groups is 1. The molecule has 1 aromatic heterocycles. The van der Waals surface area contributed by atoms with Crippen LogP contribution in [0.4, 0.5) is 14.5 Å². The topological polar surface area (TPSA) is 81.5 Å². The molecular formula is C28H25F2N3O4S. The highest BCUT2D eigenvalue weighted by Crippen LogP contribution is 2.41. The standard InChI is InChI=1S/C28H25F2N3O4S/c1-18-4-3-5-23(12-18)38(35,36)33-17-22(8-10-27(34)20-15-31-32(2)16-20)37-28-11-6-19(13-26(28)33)24-14-21(29)7-9-25(24)30/h3-7,9,11-16,22H,8,10,17H2,1-2H3/t22-/m0/s1. The quantitative estimate of drug-likeness (QED) is 0.299. The monoisotopic (exact) mass is 537 g/mol. The number of halogens is 2. The van der Waals surface area contributed by atoms with Gasteiger partial charge >= 0.3 is 0 Å². The van der Waals surface area contributed by atoms with Crippen LogP contribution in [-0.2, 0) is 17.1 Å². The summed E-state index contributed by atoms with van der Waals surface area (Å²) in [5.41, 5.74) is 1.76. The number of hydrogen-bond donors (Lipinski definition) is 0. The zero-order valence-corrected chi connectivity index (χ0v) is 21.6. The highest BCUT2D eigenvalue weighted by Gasteiger charge is 2.35. The lowest BCUT2D eigenvalue weighted by atomic mass is 10.0. The molecule has 0 radical (unpaired) electrons. The average Bonchev–Trinajstić information content (AvgIpc) is 3.34. The SMILES string of the molecule is Cc1cccc(S(=O)(=O)N2C[C@H](CCC(=O)c3cnn(C)c3)Oc3ccc(-c4cc(F)ccc4F)cc32)c1. The molecule has 1 aliphatic heterocycles. The zero-order chi connectivity index (χ0) is 27.0. The summed E-state index contributed by atoms with van der Waals surface area (Å²) < 4.78 is 65.0. The molecule has 0 spiro atoms. The van der Waals surface area contributed by atoms with Gasteiger partial charge in [0.15, 0.2) is 5.78 Å². The maximum absolute atomic E-state index is 14.5. The summed E-state index contributed by atoms with van der Waals surface area (Å²) in [6.07, 6.45) is 2.91. The molecule has 1 atom stereocenters. The fourth-order valence-electron chi connectivity index (χ4n) is 4.48. The molecule has 0 saturated heterocycles. The molecule has 0 bridgehead atoms. The molecule has 5 rings (SSSR count). The molecule has 2 heterocycles. The summed E-state index contributed by atoms with van der Waals surface area (Å²) >= 11 is 0. The van der Waals surface area contributed by atoms with Crippen molar-refractivity contribution in [3.05, 3.63) is 95.8 Å². The van der Waals surface area contributed by atoms with Gasteiger partial charge in [-0.2, -0.15) is 5.10 Å². The van der Waals surface area contributed by atoms with Crippen LogP contribution in [0.1, 0.15) is 28.8 Å². The van der Waals surface area contributed by atoms with E-state index in [0.29, 0.717) is 11.1 Å². The predicted octanol–water partition coefficient (Wildman–Crippen LogP) is 5.29. The molecule has 0 aliphatic carbocycles. The van der Waals surface area contributed by atoms with Gasteiger partial charge in [-0.1, -0.05) is 18.2 Å². The van der Waals surface area contributed by atoms with Crippen LogP contribution < -0.4 is 9.04 Å². The van der Waals surface area contributed by atoms with Gasteiger partial charge in [0.2, 0.25) is 0 Å². The molecule has 0 unspecified atom stereocenters. The van der Waals surface area contributed by atoms with Crippen molar-refractivity contribution in [2.45, 2.75) is 30.8 Å². The largest absolute Gasteiger partial charge is 0.486 e. The summed E-state index contributed by atoms with van der Waals surface area (Å²) in [7, 11) is -2.33. The first-order valence-corrected chi connectivity index (χ1v) is 13.4. The van der Waals surface area contributed by atoms with Crippen LogP contribution in [0.5, 0.6) is 5.75 Å². The third-order valence-corrected chi connectivity index (χ3v) is 8.20. The van der Waals surface area contributed by atoms with Crippen molar-refractivity contribution in [3.8, 4) is 16.9 Å². The van der Waals surface area contributed by atoms with E-state index >= 15 is 0 Å². The lowest BCUT2D eigenvalue weighted by Gasteiger charge is -2.36. The van der Waals surface area contributed by atoms with Gasteiger partial charge in [-0.25, -0.2) is 17.2 Å². The average molecular weight is 538 g/mol. The molecular weight excluding hydrogens is 512 g/mol. The van der Waals surface area contributed by atoms with Crippen molar-refractivity contribution in [2.75, 3.05) is 10.8 Å². The van der Waals surface area contributed by atoms with E-state index in [1.54, 1.807) is 50.5 Å². The van der Waals surface area contributed by atoms with Crippen molar-refractivity contribution in [1.82, 2.24) is 9.78 Å². The Morgan fingerprint density at radius 3 is 2.66 bits per heavy atom. The normalized spacial score (nSPS) is 15.2. The second kappa shape index (κ2) is 10.0. The van der Waals surface area contributed by atoms with Gasteiger partial charge in [-0.15, -0.1) is 0 Å². The maximum atomic E-state index is 14.5. The Morgan fingerprint density at radius 2 is 1.92 bits per heavy atom. The molecule has 0 fully saturated rings. The Morgan fingerprint density at radius 1 is 1.11 bits per heavy atom. The van der Waals surface area contributed by atoms with Gasteiger partial charge in [0.25, 0.3) is 10.0 Å². The smallest absolute Gasteiger partial charge is 0.264 e. The lowest BCUT2D eigenvalue weighted by molar-refractivity contribution is 0.0953. The summed E-state index contributed by atoms with van der Waals surface area (Å²) in [5, 5.41) is 4.02. The number of nitrogens with zero attached hydrogens (tertiary/aromatic N) is 3. The number of fused-ring (bicyclic) bond motifs is 1. The van der Waals surface area contributed by atoms with Gasteiger partial charge in [-0.05, 0) is 66.9 Å². The fourth-order valence-corrected chi connectivity index (χ4v) is 6.08. The van der Waals surface area contributed by atoms with E-state index in [1.807, 2.05) is 0 Å². The van der Waals surface area contributed by atoms with Crippen LogP contribution in [0.15, 0.2) is 78.0 Å². The molecule has 3 aromatic carbocycles. The number of aromatic nitrogens is 2. The molecule has 0 amide bonds. The van der Waals surface area contributed by atoms with E-state index < -0.39 is 27.8 Å². The highest BCUT2D eigenvalue weighted by molar-refractivity contribution is 7.92. The van der Waals surface area contributed by atoms with Gasteiger partial charge in [0, 0.05) is 25.2 Å². The Labute approximate surface area is 219 Å². The maximum Gasteiger partial charge on any atom is 0.264 e. The van der Waals surface area contributed by atoms with Crippen molar-refractivity contribution in [3.63, 3.8) is 0 Å². The van der Waals surface area contributed by atoms with Crippen LogP contribution >= 0.6 is 0 Å². The number of aryl methyl sites for hydroxylation is 2. The van der Waals surface area contributed by atoms with Gasteiger partial charge in [-0.3, -0.25) is 13.8 Å². The molecule has 7 nitrogen and oxygen atoms in total. The van der Waals surface area contributed by atoms with Gasteiger partial charge in [0.05, 0.1) is 28.9 Å². The van der Waals surface area contributed by atoms with Gasteiger partial charge < -0.3 is 4.74 Å². The van der Waals surface area contributed by atoms with Crippen LogP contribution in [0.3, 0.4) is 0 Å². The third kappa shape index (κ3) is 5.04. The molecule has 38 heavy (non-hydrogen) atoms. The predicted molar refractivity (Wildman–Crippen MR) is 139 cm³/mol. The Kier molecular flexibility index (Phi) is 6.75. The number of ether oxygens (including phenoxy) is 1. The van der Waals surface area contributed by atoms with Gasteiger partial charge in [0.1, 0.15) is 23.5 Å². The van der Waals surface area contributed by atoms with E-state index in [9.17, 15) is 22.0 Å². The summed E-state index contributed by atoms with van der Waals surface area (Å²) in [6, 6.07) is 14.2. The number of Topliss-reactive ketones (excluding diaryl/α,β-unsaturated/α-hetero) is 1. The summed E-state index contributed by atoms with van der Waals surface area (Å²) in [4.78, 5) is 12.7. The fraction of sp³-hybridized carbons (Fsp3) is 0.214. The number of anilines is 1. The third-order valence-electron chi connectivity index (χ3n) is 6.43. The molecule has 196 valence electrons. The first-order chi connectivity index (χ1) is 18.1. The van der Waals surface area contributed by atoms with E-state index in [4.69, 9.17) is 4.74 Å². The Balaban J connectivity index is 1.52. The number of rotatable bonds is 7. The zero-order valence-electron chi connectivity index (χ0n) is 20.8. The summed E-state index contributed by atoms with van der Waals surface area (Å²) in [6.45, 7) is 1.74. The number of sulfonamides is 1. The van der Waals surface area contributed by atoms with Crippen molar-refractivity contribution < 1.29 is 26.7 Å². The van der Waals surface area contributed by atoms with E-state index in [2.05, 4.69) is 5.10 Å². The molecule has 10 heteroatoms. The number of carbonyl (C=O) groups excluding carboxylic acids is 1. The number of benzene rings is 3. The van der Waals surface area contributed by atoms with Crippen molar-refractivity contribution in [1.29, 1.82) is 0 Å². The van der Waals surface area contributed by atoms with Crippen LogP contribution in [0.25, 0.3) is 11.1 Å². The number of ketones is 1. The van der Waals surface area contributed by atoms with Crippen LogP contribution in [0, 0.1) is 18.6 Å². The summed E-state index contributed by atoms with van der Waals surface area (Å²) in [5.74, 6) is -1.11. The minimum Gasteiger partial charge on any atom is -0.486 e. The van der Waals surface area contributed by atoms with E-state index in [-0.39, 0.29) is 47.1 Å².